The summed E-state index contributed by atoms with van der Waals surface area (Å²) in [7, 11) is 0. The van der Waals surface area contributed by atoms with Crippen LogP contribution in [0.25, 0.3) is 0 Å². The lowest BCUT2D eigenvalue weighted by molar-refractivity contribution is -0.135. The van der Waals surface area contributed by atoms with Crippen LogP contribution >= 0.6 is 0 Å². The molecule has 1 fully saturated rings. The van der Waals surface area contributed by atoms with Crippen LogP contribution in [0, 0.1) is 6.92 Å². The lowest BCUT2D eigenvalue weighted by atomic mass is 10.2. The first-order valence-electron chi connectivity index (χ1n) is 6.59. The maximum absolute atomic E-state index is 12.5. The predicted molar refractivity (Wildman–Crippen MR) is 76.1 cm³/mol. The minimum absolute atomic E-state index is 0.0547. The normalized spacial score (nSPS) is 14.5. The Labute approximate surface area is 122 Å². The zero-order chi connectivity index (χ0) is 15.4. The number of carbonyl (C=O) groups is 3. The van der Waals surface area contributed by atoms with Crippen LogP contribution in [0.4, 0.5) is 10.5 Å². The van der Waals surface area contributed by atoms with Crippen LogP contribution in [-0.2, 0) is 9.59 Å². The van der Waals surface area contributed by atoms with E-state index in [4.69, 9.17) is 5.11 Å². The van der Waals surface area contributed by atoms with Crippen molar-refractivity contribution in [3.63, 3.8) is 0 Å². The van der Waals surface area contributed by atoms with Gasteiger partial charge >= 0.3 is 12.0 Å². The minimum Gasteiger partial charge on any atom is -0.480 e. The number of amides is 3. The number of nitrogens with zero attached hydrogens (tertiary/aromatic N) is 2. The van der Waals surface area contributed by atoms with E-state index in [-0.39, 0.29) is 12.5 Å². The van der Waals surface area contributed by atoms with Crippen molar-refractivity contribution in [1.29, 1.82) is 0 Å². The summed E-state index contributed by atoms with van der Waals surface area (Å²) in [6.45, 7) is 2.15. The first-order chi connectivity index (χ1) is 9.97. The molecule has 21 heavy (non-hydrogen) atoms. The largest absolute Gasteiger partial charge is 0.480 e. The molecule has 0 aliphatic carbocycles. The van der Waals surface area contributed by atoms with Crippen molar-refractivity contribution in [2.75, 3.05) is 31.1 Å². The van der Waals surface area contributed by atoms with Gasteiger partial charge in [-0.25, -0.2) is 4.79 Å². The fourth-order valence-corrected chi connectivity index (χ4v) is 2.10. The number of aliphatic carboxylic acids is 1. The van der Waals surface area contributed by atoms with Crippen LogP contribution in [0.1, 0.15) is 5.56 Å². The van der Waals surface area contributed by atoms with Gasteiger partial charge in [0.25, 0.3) is 0 Å². The lowest BCUT2D eigenvalue weighted by Gasteiger charge is -2.32. The fraction of sp³-hybridized carbons (Fsp3) is 0.357. The average Bonchev–Trinajstić information content (AvgIpc) is 2.45. The van der Waals surface area contributed by atoms with Crippen molar-refractivity contribution in [3.8, 4) is 0 Å². The van der Waals surface area contributed by atoms with Crippen LogP contribution < -0.4 is 10.2 Å². The summed E-state index contributed by atoms with van der Waals surface area (Å²) in [4.78, 5) is 37.4. The smallest absolute Gasteiger partial charge is 0.325 e. The molecule has 1 aliphatic heterocycles. The third kappa shape index (κ3) is 3.71. The highest BCUT2D eigenvalue weighted by molar-refractivity contribution is 5.98. The number of piperazine rings is 1. The molecule has 112 valence electrons. The van der Waals surface area contributed by atoms with E-state index >= 15 is 0 Å². The van der Waals surface area contributed by atoms with Gasteiger partial charge in [0.15, 0.2) is 0 Å². The van der Waals surface area contributed by atoms with E-state index in [2.05, 4.69) is 5.32 Å². The summed E-state index contributed by atoms with van der Waals surface area (Å²) >= 11 is 0. The molecule has 7 nitrogen and oxygen atoms in total. The van der Waals surface area contributed by atoms with Crippen molar-refractivity contribution in [2.24, 2.45) is 0 Å². The Balaban J connectivity index is 2.22. The molecule has 7 heteroatoms. The fourth-order valence-electron chi connectivity index (χ4n) is 2.10. The Kier molecular flexibility index (Phi) is 4.42. The van der Waals surface area contributed by atoms with Crippen LogP contribution in [0.2, 0.25) is 0 Å². The monoisotopic (exact) mass is 291 g/mol. The predicted octanol–water partition coefficient (Wildman–Crippen LogP) is 0.438. The van der Waals surface area contributed by atoms with Crippen LogP contribution in [0.15, 0.2) is 24.3 Å². The topological polar surface area (TPSA) is 90.0 Å². The number of carbonyl (C=O) groups excluding carboxylic acids is 2. The standard InChI is InChI=1S/C14H17N3O4/c1-10-2-4-11(5-3-10)17(9-13(19)20)14(21)16-7-6-15-12(18)8-16/h2-5H,6-9H2,1H3,(H,15,18)(H,19,20). The number of carboxylic acid groups (broad SMARTS) is 1. The SMILES string of the molecule is Cc1ccc(N(CC(=O)O)C(=O)N2CCNC(=O)C2)cc1. The Bertz CT molecular complexity index is 556. The zero-order valence-corrected chi connectivity index (χ0v) is 11.7. The summed E-state index contributed by atoms with van der Waals surface area (Å²) < 4.78 is 0. The Hall–Kier alpha value is -2.57. The molecule has 0 spiro atoms. The molecule has 1 aromatic carbocycles. The molecule has 0 bridgehead atoms. The van der Waals surface area contributed by atoms with Gasteiger partial charge in [-0.3, -0.25) is 14.5 Å². The number of nitrogens with one attached hydrogen (secondary N) is 1. The molecule has 2 rings (SSSR count). The molecule has 0 unspecified atom stereocenters. The minimum atomic E-state index is -1.11. The van der Waals surface area contributed by atoms with Gasteiger partial charge < -0.3 is 15.3 Å². The van der Waals surface area contributed by atoms with Gasteiger partial charge in [0.2, 0.25) is 5.91 Å². The van der Waals surface area contributed by atoms with E-state index in [0.717, 1.165) is 5.56 Å². The second-order valence-corrected chi connectivity index (χ2v) is 4.87. The van der Waals surface area contributed by atoms with Gasteiger partial charge in [-0.05, 0) is 19.1 Å². The Morgan fingerprint density at radius 2 is 2.00 bits per heavy atom. The van der Waals surface area contributed by atoms with Gasteiger partial charge in [-0.15, -0.1) is 0 Å². The van der Waals surface area contributed by atoms with Crippen molar-refractivity contribution < 1.29 is 19.5 Å². The number of rotatable bonds is 3. The van der Waals surface area contributed by atoms with E-state index in [1.54, 1.807) is 24.3 Å². The molecule has 0 radical (unpaired) electrons. The molecule has 1 saturated heterocycles. The maximum Gasteiger partial charge on any atom is 0.325 e. The van der Waals surface area contributed by atoms with Crippen molar-refractivity contribution in [1.82, 2.24) is 10.2 Å². The summed E-state index contributed by atoms with van der Waals surface area (Å²) in [5.74, 6) is -1.35. The summed E-state index contributed by atoms with van der Waals surface area (Å²) in [6, 6.07) is 6.53. The average molecular weight is 291 g/mol. The van der Waals surface area contributed by atoms with Gasteiger partial charge in [0, 0.05) is 18.8 Å². The summed E-state index contributed by atoms with van der Waals surface area (Å²) in [5.41, 5.74) is 1.51. The van der Waals surface area contributed by atoms with E-state index in [0.29, 0.717) is 18.8 Å². The molecule has 1 aromatic rings. The van der Waals surface area contributed by atoms with E-state index < -0.39 is 18.5 Å². The number of hydrogen-bond acceptors (Lipinski definition) is 3. The first kappa shape index (κ1) is 14.8. The molecule has 1 heterocycles. The van der Waals surface area contributed by atoms with Gasteiger partial charge in [-0.2, -0.15) is 0 Å². The van der Waals surface area contributed by atoms with E-state index in [9.17, 15) is 14.4 Å². The van der Waals surface area contributed by atoms with Crippen molar-refractivity contribution in [3.05, 3.63) is 29.8 Å². The van der Waals surface area contributed by atoms with E-state index in [1.807, 2.05) is 6.92 Å². The quantitative estimate of drug-likeness (QED) is 0.845. The van der Waals surface area contributed by atoms with E-state index in [1.165, 1.54) is 9.80 Å². The molecular formula is C14H17N3O4. The molecule has 3 amide bonds. The third-order valence-electron chi connectivity index (χ3n) is 3.18. The Morgan fingerprint density at radius 1 is 1.33 bits per heavy atom. The molecule has 2 N–H and O–H groups in total. The highest BCUT2D eigenvalue weighted by atomic mass is 16.4. The maximum atomic E-state index is 12.5. The summed E-state index contributed by atoms with van der Waals surface area (Å²) in [6.07, 6.45) is 0. The second kappa shape index (κ2) is 6.25. The number of anilines is 1. The number of aryl methyl sites for hydroxylation is 1. The van der Waals surface area contributed by atoms with Crippen LogP contribution in [-0.4, -0.2) is 54.1 Å². The zero-order valence-electron chi connectivity index (χ0n) is 11.7. The molecule has 1 aliphatic rings. The lowest BCUT2D eigenvalue weighted by Crippen LogP contribution is -2.54. The summed E-state index contributed by atoms with van der Waals surface area (Å²) in [5, 5.41) is 11.6. The van der Waals surface area contributed by atoms with Crippen LogP contribution in [0.5, 0.6) is 0 Å². The highest BCUT2D eigenvalue weighted by Gasteiger charge is 2.27. The highest BCUT2D eigenvalue weighted by Crippen LogP contribution is 2.17. The second-order valence-electron chi connectivity index (χ2n) is 4.87. The number of hydrogen-bond donors (Lipinski definition) is 2. The van der Waals surface area contributed by atoms with Gasteiger partial charge in [0.05, 0.1) is 0 Å². The number of urea groups is 1. The molecule has 0 atom stereocenters. The Morgan fingerprint density at radius 3 is 2.57 bits per heavy atom. The number of carboxylic acids is 1. The third-order valence-corrected chi connectivity index (χ3v) is 3.18. The van der Waals surface area contributed by atoms with Gasteiger partial charge in [0.1, 0.15) is 13.1 Å². The number of benzene rings is 1. The van der Waals surface area contributed by atoms with Gasteiger partial charge in [-0.1, -0.05) is 17.7 Å². The van der Waals surface area contributed by atoms with Crippen molar-refractivity contribution >= 4 is 23.6 Å². The molecule has 0 saturated carbocycles. The van der Waals surface area contributed by atoms with Crippen LogP contribution in [0.3, 0.4) is 0 Å². The molecule has 0 aromatic heterocycles. The van der Waals surface area contributed by atoms with Crippen molar-refractivity contribution in [2.45, 2.75) is 6.92 Å². The first-order valence-corrected chi connectivity index (χ1v) is 6.59. The molecular weight excluding hydrogens is 274 g/mol.